The van der Waals surface area contributed by atoms with E-state index in [9.17, 15) is 9.59 Å². The van der Waals surface area contributed by atoms with Crippen molar-refractivity contribution in [2.75, 3.05) is 13.1 Å². The van der Waals surface area contributed by atoms with Gasteiger partial charge >= 0.3 is 0 Å². The van der Waals surface area contributed by atoms with E-state index in [4.69, 9.17) is 0 Å². The van der Waals surface area contributed by atoms with Crippen LogP contribution in [0.15, 0.2) is 23.1 Å². The Balaban J connectivity index is 2.84. The van der Waals surface area contributed by atoms with Crippen LogP contribution in [0.25, 0.3) is 0 Å². The van der Waals surface area contributed by atoms with E-state index in [2.05, 4.69) is 27.7 Å². The second kappa shape index (κ2) is 7.27. The molecule has 0 aliphatic carbocycles. The predicted octanol–water partition coefficient (Wildman–Crippen LogP) is 2.30. The molecule has 4 nitrogen and oxygen atoms in total. The van der Waals surface area contributed by atoms with Gasteiger partial charge in [-0.3, -0.25) is 9.59 Å². The summed E-state index contributed by atoms with van der Waals surface area (Å²) in [5.74, 6) is 0.860. The van der Waals surface area contributed by atoms with Crippen LogP contribution in [0, 0.1) is 18.8 Å². The van der Waals surface area contributed by atoms with Crippen LogP contribution in [0.2, 0.25) is 0 Å². The molecule has 0 spiro atoms. The third-order valence-electron chi connectivity index (χ3n) is 3.04. The maximum absolute atomic E-state index is 12.4. The Hall–Kier alpha value is -1.58. The minimum absolute atomic E-state index is 0.0140. The molecule has 0 bridgehead atoms. The van der Waals surface area contributed by atoms with E-state index in [0.717, 1.165) is 13.1 Å². The molecule has 0 saturated heterocycles. The molecule has 1 amide bonds. The van der Waals surface area contributed by atoms with Gasteiger partial charge in [0.1, 0.15) is 6.54 Å². The van der Waals surface area contributed by atoms with Crippen LogP contribution in [0.4, 0.5) is 0 Å². The average molecular weight is 278 g/mol. The summed E-state index contributed by atoms with van der Waals surface area (Å²) >= 11 is 0. The SMILES string of the molecule is Cc1cccn(CC(=O)N(CC(C)C)CC(C)C)c1=O. The number of aromatic nitrogens is 1. The highest BCUT2D eigenvalue weighted by atomic mass is 16.2. The zero-order chi connectivity index (χ0) is 15.3. The summed E-state index contributed by atoms with van der Waals surface area (Å²) in [5, 5.41) is 0. The number of amides is 1. The van der Waals surface area contributed by atoms with E-state index in [1.165, 1.54) is 4.57 Å². The highest BCUT2D eigenvalue weighted by Crippen LogP contribution is 2.05. The molecule has 0 radical (unpaired) electrons. The molecule has 1 aromatic rings. The Morgan fingerprint density at radius 2 is 1.75 bits per heavy atom. The third kappa shape index (κ3) is 4.83. The number of hydrogen-bond acceptors (Lipinski definition) is 2. The lowest BCUT2D eigenvalue weighted by molar-refractivity contribution is -0.133. The Labute approximate surface area is 121 Å². The van der Waals surface area contributed by atoms with E-state index < -0.39 is 0 Å². The monoisotopic (exact) mass is 278 g/mol. The number of nitrogens with zero attached hydrogens (tertiary/aromatic N) is 2. The molecule has 0 aliphatic rings. The second-order valence-electron chi connectivity index (χ2n) is 6.21. The topological polar surface area (TPSA) is 42.3 Å². The molecular formula is C16H26N2O2. The van der Waals surface area contributed by atoms with Crippen molar-refractivity contribution in [1.82, 2.24) is 9.47 Å². The molecule has 0 fully saturated rings. The molecule has 1 heterocycles. The Kier molecular flexibility index (Phi) is 5.99. The van der Waals surface area contributed by atoms with Gasteiger partial charge in [-0.2, -0.15) is 0 Å². The molecular weight excluding hydrogens is 252 g/mol. The molecule has 0 N–H and O–H groups in total. The number of rotatable bonds is 6. The van der Waals surface area contributed by atoms with Crippen LogP contribution in [0.1, 0.15) is 33.3 Å². The Morgan fingerprint density at radius 3 is 2.25 bits per heavy atom. The zero-order valence-corrected chi connectivity index (χ0v) is 13.2. The van der Waals surface area contributed by atoms with Crippen LogP contribution < -0.4 is 5.56 Å². The van der Waals surface area contributed by atoms with E-state index in [1.54, 1.807) is 25.3 Å². The average Bonchev–Trinajstić information content (AvgIpc) is 2.33. The fraction of sp³-hybridized carbons (Fsp3) is 0.625. The number of pyridine rings is 1. The van der Waals surface area contributed by atoms with Gasteiger partial charge in [-0.1, -0.05) is 33.8 Å². The first kappa shape index (κ1) is 16.5. The maximum Gasteiger partial charge on any atom is 0.253 e. The first-order chi connectivity index (χ1) is 9.31. The Bertz CT molecular complexity index is 493. The molecule has 0 aliphatic heterocycles. The van der Waals surface area contributed by atoms with Crippen molar-refractivity contribution < 1.29 is 4.79 Å². The summed E-state index contributed by atoms with van der Waals surface area (Å²) in [6.07, 6.45) is 1.68. The summed E-state index contributed by atoms with van der Waals surface area (Å²) in [7, 11) is 0. The molecule has 112 valence electrons. The number of aryl methyl sites for hydroxylation is 1. The summed E-state index contributed by atoms with van der Waals surface area (Å²) in [4.78, 5) is 26.2. The molecule has 20 heavy (non-hydrogen) atoms. The molecule has 1 aromatic heterocycles. The van der Waals surface area contributed by atoms with Crippen molar-refractivity contribution in [1.29, 1.82) is 0 Å². The van der Waals surface area contributed by atoms with Gasteiger partial charge in [0, 0.05) is 24.8 Å². The van der Waals surface area contributed by atoms with Gasteiger partial charge in [-0.05, 0) is 24.8 Å². The number of hydrogen-bond donors (Lipinski definition) is 0. The van der Waals surface area contributed by atoms with Crippen molar-refractivity contribution in [2.24, 2.45) is 11.8 Å². The second-order valence-corrected chi connectivity index (χ2v) is 6.21. The molecule has 4 heteroatoms. The molecule has 0 saturated carbocycles. The van der Waals surface area contributed by atoms with Crippen molar-refractivity contribution in [3.63, 3.8) is 0 Å². The zero-order valence-electron chi connectivity index (χ0n) is 13.2. The van der Waals surface area contributed by atoms with Crippen molar-refractivity contribution >= 4 is 5.91 Å². The first-order valence-corrected chi connectivity index (χ1v) is 7.25. The van der Waals surface area contributed by atoms with Crippen LogP contribution in [-0.4, -0.2) is 28.5 Å². The van der Waals surface area contributed by atoms with Gasteiger partial charge in [0.05, 0.1) is 0 Å². The lowest BCUT2D eigenvalue weighted by atomic mass is 10.1. The van der Waals surface area contributed by atoms with Crippen LogP contribution in [0.5, 0.6) is 0 Å². The quantitative estimate of drug-likeness (QED) is 0.801. The fourth-order valence-electron chi connectivity index (χ4n) is 2.19. The number of carbonyl (C=O) groups is 1. The van der Waals surface area contributed by atoms with Gasteiger partial charge in [-0.15, -0.1) is 0 Å². The summed E-state index contributed by atoms with van der Waals surface area (Å²) in [5.41, 5.74) is 0.578. The van der Waals surface area contributed by atoms with Crippen molar-refractivity contribution in [2.45, 2.75) is 41.2 Å². The summed E-state index contributed by atoms with van der Waals surface area (Å²) < 4.78 is 1.49. The third-order valence-corrected chi connectivity index (χ3v) is 3.04. The molecule has 1 rings (SSSR count). The number of carbonyl (C=O) groups excluding carboxylic acids is 1. The van der Waals surface area contributed by atoms with Crippen molar-refractivity contribution in [3.8, 4) is 0 Å². The first-order valence-electron chi connectivity index (χ1n) is 7.25. The van der Waals surface area contributed by atoms with Gasteiger partial charge in [0.15, 0.2) is 0 Å². The maximum atomic E-state index is 12.4. The Morgan fingerprint density at radius 1 is 1.20 bits per heavy atom. The van der Waals surface area contributed by atoms with E-state index in [-0.39, 0.29) is 18.0 Å². The van der Waals surface area contributed by atoms with Crippen LogP contribution in [0.3, 0.4) is 0 Å². The van der Waals surface area contributed by atoms with Crippen LogP contribution >= 0.6 is 0 Å². The largest absolute Gasteiger partial charge is 0.341 e. The smallest absolute Gasteiger partial charge is 0.253 e. The highest BCUT2D eigenvalue weighted by molar-refractivity contribution is 5.76. The predicted molar refractivity (Wildman–Crippen MR) is 81.7 cm³/mol. The molecule has 0 atom stereocenters. The van der Waals surface area contributed by atoms with Gasteiger partial charge < -0.3 is 9.47 Å². The summed E-state index contributed by atoms with van der Waals surface area (Å²) in [6, 6.07) is 3.57. The lowest BCUT2D eigenvalue weighted by Crippen LogP contribution is -2.40. The van der Waals surface area contributed by atoms with E-state index in [0.29, 0.717) is 17.4 Å². The lowest BCUT2D eigenvalue weighted by Gasteiger charge is -2.26. The highest BCUT2D eigenvalue weighted by Gasteiger charge is 2.17. The van der Waals surface area contributed by atoms with Crippen LogP contribution in [-0.2, 0) is 11.3 Å². The normalized spacial score (nSPS) is 11.2. The van der Waals surface area contributed by atoms with Gasteiger partial charge in [0.2, 0.25) is 5.91 Å². The minimum atomic E-state index is -0.0881. The fourth-order valence-corrected chi connectivity index (χ4v) is 2.19. The van der Waals surface area contributed by atoms with Gasteiger partial charge in [0.25, 0.3) is 5.56 Å². The molecule has 0 aromatic carbocycles. The minimum Gasteiger partial charge on any atom is -0.341 e. The van der Waals surface area contributed by atoms with E-state index >= 15 is 0 Å². The standard InChI is InChI=1S/C16H26N2O2/c1-12(2)9-18(10-13(3)4)15(19)11-17-8-6-7-14(5)16(17)20/h6-8,12-13H,9-11H2,1-5H3. The summed E-state index contributed by atoms with van der Waals surface area (Å²) in [6.45, 7) is 11.7. The molecule has 0 unspecified atom stereocenters. The van der Waals surface area contributed by atoms with Gasteiger partial charge in [-0.25, -0.2) is 0 Å². The van der Waals surface area contributed by atoms with E-state index in [1.807, 2.05) is 4.90 Å². The van der Waals surface area contributed by atoms with Crippen molar-refractivity contribution in [3.05, 3.63) is 34.2 Å².